The third-order valence-corrected chi connectivity index (χ3v) is 4.56. The Morgan fingerprint density at radius 2 is 2.15 bits per heavy atom. The minimum absolute atomic E-state index is 0.664. The van der Waals surface area contributed by atoms with E-state index in [4.69, 9.17) is 0 Å². The van der Waals surface area contributed by atoms with Gasteiger partial charge in [-0.05, 0) is 31.4 Å². The van der Waals surface area contributed by atoms with Gasteiger partial charge in [0.1, 0.15) is 5.01 Å². The number of nitrogens with one attached hydrogen (secondary N) is 1. The predicted molar refractivity (Wildman–Crippen MR) is 83.1 cm³/mol. The van der Waals surface area contributed by atoms with E-state index in [0.29, 0.717) is 5.92 Å². The van der Waals surface area contributed by atoms with Crippen LogP contribution in [0.25, 0.3) is 0 Å². The topological polar surface area (TPSA) is 41.1 Å². The van der Waals surface area contributed by atoms with Gasteiger partial charge in [-0.2, -0.15) is 0 Å². The number of hydrogen-bond donors (Lipinski definition) is 1. The van der Waals surface area contributed by atoms with Crippen LogP contribution in [0.15, 0.2) is 30.3 Å². The Morgan fingerprint density at radius 1 is 1.30 bits per heavy atom. The summed E-state index contributed by atoms with van der Waals surface area (Å²) in [7, 11) is 0. The van der Waals surface area contributed by atoms with E-state index in [0.717, 1.165) is 36.3 Å². The molecule has 2 aromatic rings. The average molecular weight is 288 g/mol. The monoisotopic (exact) mass is 288 g/mol. The van der Waals surface area contributed by atoms with E-state index in [-0.39, 0.29) is 0 Å². The lowest BCUT2D eigenvalue weighted by atomic mass is 9.99. The zero-order valence-electron chi connectivity index (χ0n) is 11.7. The first kappa shape index (κ1) is 13.5. The molecule has 1 N–H and O–H groups in total. The van der Waals surface area contributed by atoms with Gasteiger partial charge in [-0.25, -0.2) is 0 Å². The summed E-state index contributed by atoms with van der Waals surface area (Å²) in [4.78, 5) is 2.48. The lowest BCUT2D eigenvalue weighted by Crippen LogP contribution is -2.19. The second kappa shape index (κ2) is 6.33. The minimum Gasteiger partial charge on any atom is -0.360 e. The zero-order valence-corrected chi connectivity index (χ0v) is 12.6. The van der Waals surface area contributed by atoms with E-state index in [1.54, 1.807) is 11.3 Å². The number of hydrogen-bond acceptors (Lipinski definition) is 5. The van der Waals surface area contributed by atoms with E-state index in [9.17, 15) is 0 Å². The highest BCUT2D eigenvalue weighted by atomic mass is 32.1. The highest BCUT2D eigenvalue weighted by molar-refractivity contribution is 7.15. The summed E-state index contributed by atoms with van der Waals surface area (Å²) in [5.41, 5.74) is 1.46. The summed E-state index contributed by atoms with van der Waals surface area (Å²) in [6, 6.07) is 10.8. The molecule has 1 aromatic carbocycles. The van der Waals surface area contributed by atoms with Gasteiger partial charge in [-0.1, -0.05) is 41.7 Å². The number of aromatic nitrogens is 2. The van der Waals surface area contributed by atoms with Crippen molar-refractivity contribution in [2.75, 3.05) is 25.0 Å². The molecule has 0 amide bonds. The van der Waals surface area contributed by atoms with Crippen molar-refractivity contribution in [3.05, 3.63) is 40.9 Å². The van der Waals surface area contributed by atoms with Crippen molar-refractivity contribution in [1.29, 1.82) is 0 Å². The van der Waals surface area contributed by atoms with Crippen LogP contribution in [0, 0.1) is 0 Å². The third kappa shape index (κ3) is 3.16. The summed E-state index contributed by atoms with van der Waals surface area (Å²) >= 11 is 1.67. The largest absolute Gasteiger partial charge is 0.360 e. The van der Waals surface area contributed by atoms with Crippen LogP contribution < -0.4 is 5.32 Å². The minimum atomic E-state index is 0.664. The van der Waals surface area contributed by atoms with Crippen LogP contribution in [0.5, 0.6) is 0 Å². The van der Waals surface area contributed by atoms with Crippen molar-refractivity contribution < 1.29 is 0 Å². The maximum absolute atomic E-state index is 4.26. The molecular formula is C15H20N4S. The lowest BCUT2D eigenvalue weighted by molar-refractivity contribution is 0.325. The van der Waals surface area contributed by atoms with Crippen molar-refractivity contribution in [2.24, 2.45) is 0 Å². The van der Waals surface area contributed by atoms with Gasteiger partial charge < -0.3 is 5.32 Å². The van der Waals surface area contributed by atoms with Crippen LogP contribution >= 0.6 is 11.3 Å². The van der Waals surface area contributed by atoms with Gasteiger partial charge in [-0.15, -0.1) is 10.2 Å². The molecule has 5 heteroatoms. The van der Waals surface area contributed by atoms with Crippen LogP contribution in [0.1, 0.15) is 29.8 Å². The van der Waals surface area contributed by atoms with E-state index in [1.807, 2.05) is 0 Å². The molecule has 1 aromatic heterocycles. The molecule has 4 nitrogen and oxygen atoms in total. The van der Waals surface area contributed by atoms with E-state index in [2.05, 4.69) is 57.7 Å². The Kier molecular flexibility index (Phi) is 4.28. The molecule has 1 aliphatic heterocycles. The molecule has 106 valence electrons. The molecule has 2 heterocycles. The standard InChI is InChI=1S/C15H20N4S/c1-2-16-15-18-17-14(20-15)11-19-9-8-13(10-19)12-6-4-3-5-7-12/h3-7,13H,2,8-11H2,1H3,(H,16,18). The third-order valence-electron chi connectivity index (χ3n) is 3.70. The summed E-state index contributed by atoms with van der Waals surface area (Å²) in [5.74, 6) is 0.664. The van der Waals surface area contributed by atoms with Crippen LogP contribution in [0.4, 0.5) is 5.13 Å². The SMILES string of the molecule is CCNc1nnc(CN2CCC(c3ccccc3)C2)s1. The van der Waals surface area contributed by atoms with Crippen molar-refractivity contribution in [2.45, 2.75) is 25.8 Å². The Balaban J connectivity index is 1.57. The number of likely N-dealkylation sites (tertiary alicyclic amines) is 1. The molecule has 1 fully saturated rings. The first-order valence-corrected chi connectivity index (χ1v) is 8.00. The predicted octanol–water partition coefficient (Wildman–Crippen LogP) is 2.96. The Bertz CT molecular complexity index is 540. The fourth-order valence-electron chi connectivity index (χ4n) is 2.70. The number of benzene rings is 1. The molecule has 0 spiro atoms. The average Bonchev–Trinajstić information content (AvgIpc) is 3.11. The molecule has 0 aliphatic carbocycles. The van der Waals surface area contributed by atoms with Crippen LogP contribution in [-0.4, -0.2) is 34.7 Å². The van der Waals surface area contributed by atoms with Crippen molar-refractivity contribution in [3.8, 4) is 0 Å². The zero-order chi connectivity index (χ0) is 13.8. The molecule has 1 unspecified atom stereocenters. The van der Waals surface area contributed by atoms with E-state index in [1.165, 1.54) is 12.0 Å². The van der Waals surface area contributed by atoms with Gasteiger partial charge >= 0.3 is 0 Å². The number of rotatable bonds is 5. The fourth-order valence-corrected chi connectivity index (χ4v) is 3.56. The normalized spacial score (nSPS) is 19.4. The molecular weight excluding hydrogens is 268 g/mol. The summed E-state index contributed by atoms with van der Waals surface area (Å²) in [6.07, 6.45) is 1.24. The van der Waals surface area contributed by atoms with Gasteiger partial charge in [0.05, 0.1) is 6.54 Å². The van der Waals surface area contributed by atoms with Crippen LogP contribution in [-0.2, 0) is 6.54 Å². The van der Waals surface area contributed by atoms with Crippen molar-refractivity contribution in [3.63, 3.8) is 0 Å². The van der Waals surface area contributed by atoms with E-state index < -0.39 is 0 Å². The molecule has 1 atom stereocenters. The maximum atomic E-state index is 4.26. The summed E-state index contributed by atoms with van der Waals surface area (Å²) in [6.45, 7) is 6.17. The van der Waals surface area contributed by atoms with Gasteiger partial charge in [-0.3, -0.25) is 4.90 Å². The fraction of sp³-hybridized carbons (Fsp3) is 0.467. The molecule has 1 aliphatic rings. The molecule has 1 saturated heterocycles. The Hall–Kier alpha value is -1.46. The first-order valence-electron chi connectivity index (χ1n) is 7.18. The van der Waals surface area contributed by atoms with Gasteiger partial charge in [0.25, 0.3) is 0 Å². The second-order valence-corrected chi connectivity index (χ2v) is 6.22. The second-order valence-electron chi connectivity index (χ2n) is 5.16. The Morgan fingerprint density at radius 3 is 2.95 bits per heavy atom. The van der Waals surface area contributed by atoms with E-state index >= 15 is 0 Å². The van der Waals surface area contributed by atoms with Crippen LogP contribution in [0.2, 0.25) is 0 Å². The number of anilines is 1. The molecule has 3 rings (SSSR count). The Labute approximate surface area is 123 Å². The summed E-state index contributed by atoms with van der Waals surface area (Å²) in [5, 5.41) is 13.7. The van der Waals surface area contributed by atoms with Crippen molar-refractivity contribution >= 4 is 16.5 Å². The maximum Gasteiger partial charge on any atom is 0.205 e. The lowest BCUT2D eigenvalue weighted by Gasteiger charge is -2.14. The number of nitrogens with zero attached hydrogens (tertiary/aromatic N) is 3. The highest BCUT2D eigenvalue weighted by Crippen LogP contribution is 2.28. The first-order chi connectivity index (χ1) is 9.85. The highest BCUT2D eigenvalue weighted by Gasteiger charge is 2.24. The summed E-state index contributed by atoms with van der Waals surface area (Å²) < 4.78 is 0. The van der Waals surface area contributed by atoms with Crippen LogP contribution in [0.3, 0.4) is 0 Å². The molecule has 0 radical (unpaired) electrons. The van der Waals surface area contributed by atoms with Gasteiger partial charge in [0.2, 0.25) is 5.13 Å². The molecule has 20 heavy (non-hydrogen) atoms. The van der Waals surface area contributed by atoms with Crippen molar-refractivity contribution in [1.82, 2.24) is 15.1 Å². The molecule has 0 bridgehead atoms. The van der Waals surface area contributed by atoms with Gasteiger partial charge in [0, 0.05) is 13.1 Å². The molecule has 0 saturated carbocycles. The smallest absolute Gasteiger partial charge is 0.205 e. The van der Waals surface area contributed by atoms with Gasteiger partial charge in [0.15, 0.2) is 0 Å². The quantitative estimate of drug-likeness (QED) is 0.918.